The molecule has 1 nitrogen and oxygen atoms in total. The SMILES string of the molecule is C=C(F)/C=C(/C#N)C(=C)C. The summed E-state index contributed by atoms with van der Waals surface area (Å²) in [6, 6.07) is 1.79. The van der Waals surface area contributed by atoms with Crippen LogP contribution in [0.3, 0.4) is 0 Å². The van der Waals surface area contributed by atoms with Gasteiger partial charge in [0.05, 0.1) is 11.6 Å². The maximum Gasteiger partial charge on any atom is 0.117 e. The summed E-state index contributed by atoms with van der Waals surface area (Å²) in [6.07, 6.45) is 1.06. The lowest BCUT2D eigenvalue weighted by atomic mass is 10.1. The Hall–Kier alpha value is -1.36. The molecule has 0 heterocycles. The first-order valence-corrected chi connectivity index (χ1v) is 2.70. The minimum Gasteiger partial charge on any atom is -0.208 e. The molecule has 0 aromatic heterocycles. The van der Waals surface area contributed by atoms with Crippen molar-refractivity contribution in [3.63, 3.8) is 0 Å². The second-order valence-corrected chi connectivity index (χ2v) is 1.90. The van der Waals surface area contributed by atoms with Gasteiger partial charge in [-0.3, -0.25) is 0 Å². The molecule has 0 aliphatic heterocycles. The highest BCUT2D eigenvalue weighted by atomic mass is 19.1. The van der Waals surface area contributed by atoms with Gasteiger partial charge in [-0.15, -0.1) is 0 Å². The van der Waals surface area contributed by atoms with Crippen molar-refractivity contribution in [3.05, 3.63) is 36.2 Å². The summed E-state index contributed by atoms with van der Waals surface area (Å²) in [4.78, 5) is 0. The van der Waals surface area contributed by atoms with Gasteiger partial charge in [0.2, 0.25) is 0 Å². The lowest BCUT2D eigenvalue weighted by molar-refractivity contribution is 0.670. The molecule has 0 fully saturated rings. The standard InChI is InChI=1S/C8H8FN/c1-6(2)8(5-10)4-7(3)9/h4H,1,3H2,2H3/b8-4-. The molecule has 0 amide bonds. The Kier molecular flexibility index (Phi) is 3.13. The van der Waals surface area contributed by atoms with E-state index in [-0.39, 0.29) is 5.57 Å². The summed E-state index contributed by atoms with van der Waals surface area (Å²) in [5.41, 5.74) is 0.772. The van der Waals surface area contributed by atoms with Gasteiger partial charge in [0.25, 0.3) is 0 Å². The average molecular weight is 137 g/mol. The zero-order valence-electron chi connectivity index (χ0n) is 5.82. The molecule has 0 aromatic carbocycles. The first-order valence-electron chi connectivity index (χ1n) is 2.70. The van der Waals surface area contributed by atoms with Gasteiger partial charge in [-0.1, -0.05) is 13.2 Å². The Bertz CT molecular complexity index is 230. The molecule has 52 valence electrons. The van der Waals surface area contributed by atoms with Crippen LogP contribution in [-0.4, -0.2) is 0 Å². The lowest BCUT2D eigenvalue weighted by Gasteiger charge is -1.91. The fraction of sp³-hybridized carbons (Fsp3) is 0.125. The van der Waals surface area contributed by atoms with Crippen LogP contribution in [0.15, 0.2) is 36.2 Å². The van der Waals surface area contributed by atoms with Gasteiger partial charge in [-0.2, -0.15) is 5.26 Å². The maximum atomic E-state index is 12.0. The van der Waals surface area contributed by atoms with Crippen LogP contribution in [0.4, 0.5) is 4.39 Å². The van der Waals surface area contributed by atoms with Crippen molar-refractivity contribution in [2.75, 3.05) is 0 Å². The summed E-state index contributed by atoms with van der Waals surface area (Å²) in [5.74, 6) is -0.625. The minimum atomic E-state index is -0.625. The predicted octanol–water partition coefficient (Wildman–Crippen LogP) is 2.50. The maximum absolute atomic E-state index is 12.0. The van der Waals surface area contributed by atoms with E-state index in [1.807, 2.05) is 0 Å². The number of allylic oxidation sites excluding steroid dienone is 4. The van der Waals surface area contributed by atoms with Crippen molar-refractivity contribution in [2.24, 2.45) is 0 Å². The first-order chi connectivity index (χ1) is 4.57. The van der Waals surface area contributed by atoms with E-state index < -0.39 is 5.83 Å². The van der Waals surface area contributed by atoms with Crippen molar-refractivity contribution in [3.8, 4) is 6.07 Å². The van der Waals surface area contributed by atoms with Gasteiger partial charge in [0.1, 0.15) is 5.83 Å². The molecule has 2 heteroatoms. The normalized spacial score (nSPS) is 10.3. The monoisotopic (exact) mass is 137 g/mol. The van der Waals surface area contributed by atoms with Crippen molar-refractivity contribution in [1.82, 2.24) is 0 Å². The van der Waals surface area contributed by atoms with E-state index in [1.54, 1.807) is 13.0 Å². The highest BCUT2D eigenvalue weighted by molar-refractivity contribution is 5.41. The van der Waals surface area contributed by atoms with Crippen LogP contribution in [0, 0.1) is 11.3 Å². The second-order valence-electron chi connectivity index (χ2n) is 1.90. The molecule has 0 radical (unpaired) electrons. The molecular formula is C8H8FN. The van der Waals surface area contributed by atoms with E-state index in [4.69, 9.17) is 5.26 Å². The van der Waals surface area contributed by atoms with E-state index >= 15 is 0 Å². The third-order valence-corrected chi connectivity index (χ3v) is 0.881. The molecule has 0 bridgehead atoms. The molecule has 0 N–H and O–H groups in total. The van der Waals surface area contributed by atoms with E-state index in [0.717, 1.165) is 6.08 Å². The molecular weight excluding hydrogens is 129 g/mol. The third kappa shape index (κ3) is 2.83. The topological polar surface area (TPSA) is 23.8 Å². The Labute approximate surface area is 59.8 Å². The molecule has 0 aromatic rings. The minimum absolute atomic E-state index is 0.229. The average Bonchev–Trinajstić information content (AvgIpc) is 1.81. The summed E-state index contributed by atoms with van der Waals surface area (Å²) in [5, 5.41) is 8.36. The van der Waals surface area contributed by atoms with Crippen LogP contribution in [-0.2, 0) is 0 Å². The van der Waals surface area contributed by atoms with Crippen LogP contribution < -0.4 is 0 Å². The van der Waals surface area contributed by atoms with Crippen LogP contribution >= 0.6 is 0 Å². The first kappa shape index (κ1) is 8.64. The van der Waals surface area contributed by atoms with E-state index in [0.29, 0.717) is 5.57 Å². The number of nitrogens with zero attached hydrogens (tertiary/aromatic N) is 1. The number of hydrogen-bond donors (Lipinski definition) is 0. The van der Waals surface area contributed by atoms with Gasteiger partial charge in [-0.05, 0) is 18.6 Å². The van der Waals surface area contributed by atoms with Crippen LogP contribution in [0.25, 0.3) is 0 Å². The summed E-state index contributed by atoms with van der Waals surface area (Å²) >= 11 is 0. The second kappa shape index (κ2) is 3.62. The number of halogens is 1. The fourth-order valence-corrected chi connectivity index (χ4v) is 0.408. The lowest BCUT2D eigenvalue weighted by Crippen LogP contribution is -1.78. The Balaban J connectivity index is 4.55. The van der Waals surface area contributed by atoms with Gasteiger partial charge < -0.3 is 0 Å². The Morgan fingerprint density at radius 2 is 2.10 bits per heavy atom. The highest BCUT2D eigenvalue weighted by Crippen LogP contribution is 2.08. The van der Waals surface area contributed by atoms with E-state index in [1.165, 1.54) is 0 Å². The molecule has 0 atom stereocenters. The van der Waals surface area contributed by atoms with Gasteiger partial charge in [0, 0.05) is 0 Å². The van der Waals surface area contributed by atoms with E-state index in [9.17, 15) is 4.39 Å². The number of nitriles is 1. The van der Waals surface area contributed by atoms with Crippen molar-refractivity contribution in [2.45, 2.75) is 6.92 Å². The Morgan fingerprint density at radius 3 is 2.20 bits per heavy atom. The van der Waals surface area contributed by atoms with Crippen LogP contribution in [0.5, 0.6) is 0 Å². The molecule has 0 rings (SSSR count). The van der Waals surface area contributed by atoms with Gasteiger partial charge in [0.15, 0.2) is 0 Å². The summed E-state index contributed by atoms with van der Waals surface area (Å²) in [7, 11) is 0. The molecule has 0 unspecified atom stereocenters. The fourth-order valence-electron chi connectivity index (χ4n) is 0.408. The summed E-state index contributed by atoms with van der Waals surface area (Å²) < 4.78 is 12.0. The van der Waals surface area contributed by atoms with Crippen molar-refractivity contribution < 1.29 is 4.39 Å². The predicted molar refractivity (Wildman–Crippen MR) is 38.8 cm³/mol. The van der Waals surface area contributed by atoms with Crippen LogP contribution in [0.2, 0.25) is 0 Å². The van der Waals surface area contributed by atoms with Gasteiger partial charge in [-0.25, -0.2) is 4.39 Å². The van der Waals surface area contributed by atoms with Crippen molar-refractivity contribution >= 4 is 0 Å². The number of rotatable bonds is 2. The smallest absolute Gasteiger partial charge is 0.117 e. The van der Waals surface area contributed by atoms with Gasteiger partial charge >= 0.3 is 0 Å². The molecule has 10 heavy (non-hydrogen) atoms. The zero-order valence-corrected chi connectivity index (χ0v) is 5.82. The third-order valence-electron chi connectivity index (χ3n) is 0.881. The van der Waals surface area contributed by atoms with Crippen LogP contribution in [0.1, 0.15) is 6.92 Å². The molecule has 0 saturated heterocycles. The summed E-state index contributed by atoms with van der Waals surface area (Å²) in [6.45, 7) is 8.11. The highest BCUT2D eigenvalue weighted by Gasteiger charge is 1.95. The van der Waals surface area contributed by atoms with E-state index in [2.05, 4.69) is 13.2 Å². The van der Waals surface area contributed by atoms with Crippen molar-refractivity contribution in [1.29, 1.82) is 5.26 Å². The molecule has 0 aliphatic rings. The largest absolute Gasteiger partial charge is 0.208 e. The Morgan fingerprint density at radius 1 is 1.60 bits per heavy atom. The molecule has 0 saturated carbocycles. The number of hydrogen-bond acceptors (Lipinski definition) is 1. The molecule has 0 spiro atoms. The zero-order chi connectivity index (χ0) is 8.15. The quantitative estimate of drug-likeness (QED) is 0.423. The molecule has 0 aliphatic carbocycles.